The molecule has 0 spiro atoms. The molecule has 0 radical (unpaired) electrons. The van der Waals surface area contributed by atoms with Crippen molar-refractivity contribution in [2.75, 3.05) is 25.7 Å². The number of aromatic nitrogens is 2. The Morgan fingerprint density at radius 2 is 2.33 bits per heavy atom. The number of hydrogen-bond donors (Lipinski definition) is 1. The van der Waals surface area contributed by atoms with Crippen molar-refractivity contribution in [1.29, 1.82) is 0 Å². The molecule has 3 rings (SSSR count). The van der Waals surface area contributed by atoms with Crippen LogP contribution in [0.3, 0.4) is 0 Å². The first-order valence-electron chi connectivity index (χ1n) is 6.74. The standard InChI is InChI=1S/C15H16IN4O/c1-2-14(21)19-11-4-5-12-13(8-11)17-10-18-15(12)20-7-3-6-16-9-20/h2,4-5,8,10H,1,3,6-7,9H2,(H,19,21)/q-1. The topological polar surface area (TPSA) is 58.1 Å². The van der Waals surface area contributed by atoms with Gasteiger partial charge >= 0.3 is 134 Å². The molecule has 0 aliphatic carbocycles. The van der Waals surface area contributed by atoms with Gasteiger partial charge in [-0.1, -0.05) is 0 Å². The van der Waals surface area contributed by atoms with E-state index in [2.05, 4.69) is 26.8 Å². The number of nitrogens with one attached hydrogen (secondary N) is 1. The van der Waals surface area contributed by atoms with E-state index >= 15 is 0 Å². The van der Waals surface area contributed by atoms with Crippen LogP contribution in [0.25, 0.3) is 10.9 Å². The van der Waals surface area contributed by atoms with Crippen LogP contribution in [0.2, 0.25) is 0 Å². The minimum atomic E-state index is -0.218. The molecule has 0 unspecified atom stereocenters. The summed E-state index contributed by atoms with van der Waals surface area (Å²) >= 11 is 0.269. The van der Waals surface area contributed by atoms with Crippen LogP contribution in [-0.4, -0.2) is 31.4 Å². The van der Waals surface area contributed by atoms with Gasteiger partial charge in [-0.05, 0) is 0 Å². The maximum atomic E-state index is 11.4. The molecular formula is C15H16IN4O-. The molecule has 6 heteroatoms. The molecule has 110 valence electrons. The summed E-state index contributed by atoms with van der Waals surface area (Å²) in [5.74, 6) is 0.797. The molecular weight excluding hydrogens is 379 g/mol. The van der Waals surface area contributed by atoms with Crippen LogP contribution in [0, 0.1) is 0 Å². The third kappa shape index (κ3) is 3.15. The minimum absolute atomic E-state index is 0.218. The summed E-state index contributed by atoms with van der Waals surface area (Å²) < 4.78 is 2.55. The molecule has 1 aromatic carbocycles. The molecule has 0 bridgehead atoms. The van der Waals surface area contributed by atoms with E-state index in [9.17, 15) is 4.79 Å². The SMILES string of the molecule is C=CC(=O)Nc1ccc2c(N3CCC[I-]C3)ncnc2c1. The van der Waals surface area contributed by atoms with E-state index in [1.807, 2.05) is 18.2 Å². The van der Waals surface area contributed by atoms with Gasteiger partial charge in [0.05, 0.1) is 0 Å². The van der Waals surface area contributed by atoms with Crippen LogP contribution in [0.15, 0.2) is 37.2 Å². The summed E-state index contributed by atoms with van der Waals surface area (Å²) in [5.41, 5.74) is 1.58. The van der Waals surface area contributed by atoms with Crippen molar-refractivity contribution in [3.8, 4) is 0 Å². The van der Waals surface area contributed by atoms with E-state index < -0.39 is 0 Å². The predicted octanol–water partition coefficient (Wildman–Crippen LogP) is -0.989. The monoisotopic (exact) mass is 395 g/mol. The molecule has 1 N–H and O–H groups in total. The zero-order chi connectivity index (χ0) is 14.7. The zero-order valence-electron chi connectivity index (χ0n) is 11.6. The van der Waals surface area contributed by atoms with Crippen LogP contribution in [0.1, 0.15) is 6.42 Å². The third-order valence-electron chi connectivity index (χ3n) is 3.29. The van der Waals surface area contributed by atoms with Gasteiger partial charge < -0.3 is 0 Å². The summed E-state index contributed by atoms with van der Waals surface area (Å²) in [6.45, 7) is 4.52. The molecule has 1 fully saturated rings. The Hall–Kier alpha value is -1.70. The molecule has 2 heterocycles. The Bertz CT molecular complexity index is 682. The average Bonchev–Trinajstić information content (AvgIpc) is 2.54. The number of anilines is 2. The van der Waals surface area contributed by atoms with E-state index in [0.717, 1.165) is 33.5 Å². The van der Waals surface area contributed by atoms with Gasteiger partial charge in [-0.3, -0.25) is 0 Å². The summed E-state index contributed by atoms with van der Waals surface area (Å²) in [4.78, 5) is 22.5. The maximum absolute atomic E-state index is 11.4. The second kappa shape index (κ2) is 6.38. The molecule has 0 saturated carbocycles. The fourth-order valence-electron chi connectivity index (χ4n) is 2.30. The van der Waals surface area contributed by atoms with Crippen molar-refractivity contribution in [1.82, 2.24) is 9.97 Å². The van der Waals surface area contributed by atoms with Crippen LogP contribution in [-0.2, 0) is 4.79 Å². The fourth-order valence-corrected chi connectivity index (χ4v) is 4.76. The van der Waals surface area contributed by atoms with E-state index in [4.69, 9.17) is 0 Å². The molecule has 1 aromatic heterocycles. The Balaban J connectivity index is 1.96. The van der Waals surface area contributed by atoms with E-state index in [1.54, 1.807) is 6.33 Å². The van der Waals surface area contributed by atoms with Gasteiger partial charge in [0.25, 0.3) is 0 Å². The molecule has 1 aliphatic heterocycles. The van der Waals surface area contributed by atoms with Crippen LogP contribution < -0.4 is 31.4 Å². The summed E-state index contributed by atoms with van der Waals surface area (Å²) in [6, 6.07) is 5.74. The Labute approximate surface area is 133 Å². The first-order valence-corrected chi connectivity index (χ1v) is 9.79. The average molecular weight is 395 g/mol. The molecule has 1 amide bonds. The van der Waals surface area contributed by atoms with Crippen molar-refractivity contribution in [2.24, 2.45) is 0 Å². The van der Waals surface area contributed by atoms with Crippen molar-refractivity contribution in [3.63, 3.8) is 0 Å². The van der Waals surface area contributed by atoms with Crippen molar-refractivity contribution < 1.29 is 26.0 Å². The molecule has 21 heavy (non-hydrogen) atoms. The van der Waals surface area contributed by atoms with Gasteiger partial charge in [0.15, 0.2) is 0 Å². The Morgan fingerprint density at radius 1 is 1.43 bits per heavy atom. The van der Waals surface area contributed by atoms with E-state index in [1.165, 1.54) is 16.9 Å². The number of hydrogen-bond acceptors (Lipinski definition) is 4. The quantitative estimate of drug-likeness (QED) is 0.314. The van der Waals surface area contributed by atoms with Crippen LogP contribution in [0.4, 0.5) is 11.5 Å². The fraction of sp³-hybridized carbons (Fsp3) is 0.267. The number of carbonyl (C=O) groups is 1. The van der Waals surface area contributed by atoms with E-state index in [0.29, 0.717) is 0 Å². The van der Waals surface area contributed by atoms with Gasteiger partial charge in [-0.15, -0.1) is 0 Å². The van der Waals surface area contributed by atoms with Gasteiger partial charge in [-0.25, -0.2) is 0 Å². The zero-order valence-corrected chi connectivity index (χ0v) is 13.7. The second-order valence-corrected chi connectivity index (χ2v) is 7.58. The molecule has 0 atom stereocenters. The molecule has 5 nitrogen and oxygen atoms in total. The normalized spacial score (nSPS) is 15.3. The van der Waals surface area contributed by atoms with Crippen molar-refractivity contribution >= 4 is 28.3 Å². The van der Waals surface area contributed by atoms with E-state index in [-0.39, 0.29) is 27.1 Å². The first-order chi connectivity index (χ1) is 10.3. The first kappa shape index (κ1) is 14.2. The number of fused-ring (bicyclic) bond motifs is 1. The number of alkyl halides is 2. The summed E-state index contributed by atoms with van der Waals surface area (Å²) in [6.07, 6.45) is 4.11. The molecule has 1 aliphatic rings. The summed E-state index contributed by atoms with van der Waals surface area (Å²) in [7, 11) is 0. The number of rotatable bonds is 3. The molecule has 1 saturated heterocycles. The number of benzene rings is 1. The second-order valence-electron chi connectivity index (χ2n) is 4.74. The Kier molecular flexibility index (Phi) is 4.33. The number of carbonyl (C=O) groups excluding carboxylic acids is 1. The number of amides is 1. The molecule has 2 aromatic rings. The number of halogens is 1. The van der Waals surface area contributed by atoms with Gasteiger partial charge in [0, 0.05) is 0 Å². The van der Waals surface area contributed by atoms with Crippen molar-refractivity contribution in [2.45, 2.75) is 6.42 Å². The summed E-state index contributed by atoms with van der Waals surface area (Å²) in [5, 5.41) is 3.80. The Morgan fingerprint density at radius 3 is 3.10 bits per heavy atom. The van der Waals surface area contributed by atoms with Crippen molar-refractivity contribution in [3.05, 3.63) is 37.2 Å². The van der Waals surface area contributed by atoms with Crippen LogP contribution in [0.5, 0.6) is 0 Å². The van der Waals surface area contributed by atoms with Gasteiger partial charge in [0.1, 0.15) is 0 Å². The van der Waals surface area contributed by atoms with Gasteiger partial charge in [-0.2, -0.15) is 0 Å². The third-order valence-corrected chi connectivity index (χ3v) is 6.12. The van der Waals surface area contributed by atoms with Crippen LogP contribution >= 0.6 is 0 Å². The predicted molar refractivity (Wildman–Crippen MR) is 80.1 cm³/mol. The van der Waals surface area contributed by atoms with Gasteiger partial charge in [0.2, 0.25) is 0 Å². The number of nitrogens with zero attached hydrogens (tertiary/aromatic N) is 3.